The van der Waals surface area contributed by atoms with E-state index in [1.807, 2.05) is 19.3 Å². The Labute approximate surface area is 203 Å². The van der Waals surface area contributed by atoms with Crippen molar-refractivity contribution in [2.45, 2.75) is 77.9 Å². The number of amides is 2. The van der Waals surface area contributed by atoms with Gasteiger partial charge in [0, 0.05) is 44.2 Å². The molecule has 2 amide bonds. The Morgan fingerprint density at radius 1 is 1.15 bits per heavy atom. The molecule has 9 nitrogen and oxygen atoms in total. The molecule has 0 radical (unpaired) electrons. The van der Waals surface area contributed by atoms with Crippen molar-refractivity contribution in [3.63, 3.8) is 0 Å². The van der Waals surface area contributed by atoms with E-state index < -0.39 is 11.5 Å². The second kappa shape index (κ2) is 12.4. The molecule has 1 aromatic heterocycles. The van der Waals surface area contributed by atoms with E-state index in [0.29, 0.717) is 31.5 Å². The normalized spacial score (nSPS) is 25.1. The van der Waals surface area contributed by atoms with Crippen LogP contribution in [0, 0.1) is 11.3 Å². The van der Waals surface area contributed by atoms with Gasteiger partial charge in [-0.15, -0.1) is 0 Å². The monoisotopic (exact) mass is 474 g/mol. The van der Waals surface area contributed by atoms with Crippen LogP contribution in [0.25, 0.3) is 0 Å². The second-order valence-electron chi connectivity index (χ2n) is 10.3. The zero-order chi connectivity index (χ0) is 24.6. The van der Waals surface area contributed by atoms with E-state index in [1.165, 1.54) is 0 Å². The van der Waals surface area contributed by atoms with Crippen LogP contribution >= 0.6 is 0 Å². The number of carbonyl (C=O) groups is 2. The summed E-state index contributed by atoms with van der Waals surface area (Å²) in [7, 11) is 1.80. The van der Waals surface area contributed by atoms with E-state index in [9.17, 15) is 9.59 Å². The summed E-state index contributed by atoms with van der Waals surface area (Å²) in [6.07, 6.45) is 8.57. The Kier molecular flexibility index (Phi) is 9.64. The van der Waals surface area contributed by atoms with Crippen LogP contribution < -0.4 is 16.0 Å². The number of piperidine rings is 1. The molecule has 0 unspecified atom stereocenters. The third kappa shape index (κ3) is 7.37. The first-order valence-electron chi connectivity index (χ1n) is 12.7. The Hall–Kier alpha value is -2.26. The molecular weight excluding hydrogens is 432 g/mol. The first-order chi connectivity index (χ1) is 16.3. The average Bonchev–Trinajstić information content (AvgIpc) is 2.82. The maximum atomic E-state index is 13.7. The number of nitrogens with one attached hydrogen (secondary N) is 3. The summed E-state index contributed by atoms with van der Waals surface area (Å²) in [5, 5.41) is 9.12. The number of carbonyl (C=O) groups excluding carboxylic acids is 2. The van der Waals surface area contributed by atoms with Crippen molar-refractivity contribution in [3.8, 4) is 0 Å². The van der Waals surface area contributed by atoms with Crippen LogP contribution in [-0.2, 0) is 20.9 Å². The van der Waals surface area contributed by atoms with Crippen LogP contribution in [-0.4, -0.2) is 72.1 Å². The van der Waals surface area contributed by atoms with Gasteiger partial charge in [-0.05, 0) is 58.0 Å². The van der Waals surface area contributed by atoms with Gasteiger partial charge in [-0.25, -0.2) is 9.97 Å². The number of aromatic nitrogens is 2. The molecule has 0 aliphatic carbocycles. The summed E-state index contributed by atoms with van der Waals surface area (Å²) in [6.45, 7) is 9.68. The Morgan fingerprint density at radius 2 is 1.85 bits per heavy atom. The number of anilines is 1. The molecule has 1 spiro atoms. The molecule has 2 atom stereocenters. The number of likely N-dealkylation sites (tertiary alicyclic amines) is 1. The Balaban J connectivity index is 1.69. The minimum atomic E-state index is -0.520. The molecule has 2 saturated heterocycles. The number of nitrogens with zero attached hydrogens (tertiary/aromatic N) is 3. The van der Waals surface area contributed by atoms with Crippen molar-refractivity contribution in [3.05, 3.63) is 18.0 Å². The molecule has 9 heteroatoms. The molecule has 0 saturated carbocycles. The van der Waals surface area contributed by atoms with Crippen molar-refractivity contribution in [2.75, 3.05) is 38.7 Å². The van der Waals surface area contributed by atoms with Gasteiger partial charge in [0.05, 0.1) is 12.0 Å². The number of rotatable bonds is 5. The van der Waals surface area contributed by atoms with Crippen LogP contribution in [0.3, 0.4) is 0 Å². The summed E-state index contributed by atoms with van der Waals surface area (Å²) in [5.74, 6) is 0.825. The molecule has 2 fully saturated rings. The molecule has 3 heterocycles. The maximum absolute atomic E-state index is 13.7. The van der Waals surface area contributed by atoms with E-state index in [4.69, 9.17) is 4.74 Å². The topological polar surface area (TPSA) is 108 Å². The molecule has 1 aromatic rings. The van der Waals surface area contributed by atoms with Gasteiger partial charge in [0.25, 0.3) is 0 Å². The van der Waals surface area contributed by atoms with Crippen LogP contribution in [0.5, 0.6) is 0 Å². The molecule has 34 heavy (non-hydrogen) atoms. The minimum absolute atomic E-state index is 0.0301. The highest BCUT2D eigenvalue weighted by Gasteiger charge is 2.42. The smallest absolute Gasteiger partial charge is 0.242 e. The third-order valence-electron chi connectivity index (χ3n) is 6.91. The highest BCUT2D eigenvalue weighted by atomic mass is 16.5. The zero-order valence-corrected chi connectivity index (χ0v) is 21.2. The lowest BCUT2D eigenvalue weighted by Crippen LogP contribution is -2.55. The fraction of sp³-hybridized carbons (Fsp3) is 0.760. The Bertz CT molecular complexity index is 792. The largest absolute Gasteiger partial charge is 0.379 e. The van der Waals surface area contributed by atoms with Crippen molar-refractivity contribution < 1.29 is 14.3 Å². The summed E-state index contributed by atoms with van der Waals surface area (Å²) < 4.78 is 5.78. The summed E-state index contributed by atoms with van der Waals surface area (Å²) in [6, 6.07) is -0.600. The molecule has 3 N–H and O–H groups in total. The average molecular weight is 475 g/mol. The predicted octanol–water partition coefficient (Wildman–Crippen LogP) is 2.34. The van der Waals surface area contributed by atoms with Gasteiger partial charge >= 0.3 is 0 Å². The minimum Gasteiger partial charge on any atom is -0.379 e. The molecule has 190 valence electrons. The van der Waals surface area contributed by atoms with Gasteiger partial charge in [-0.2, -0.15) is 0 Å². The number of ether oxygens (including phenoxy) is 1. The van der Waals surface area contributed by atoms with Gasteiger partial charge in [-0.3, -0.25) is 14.5 Å². The Morgan fingerprint density at radius 3 is 2.50 bits per heavy atom. The first-order valence-corrected chi connectivity index (χ1v) is 12.7. The van der Waals surface area contributed by atoms with E-state index in [-0.39, 0.29) is 17.9 Å². The van der Waals surface area contributed by atoms with Gasteiger partial charge < -0.3 is 20.7 Å². The van der Waals surface area contributed by atoms with Gasteiger partial charge in [0.2, 0.25) is 17.8 Å². The fourth-order valence-corrected chi connectivity index (χ4v) is 4.88. The highest BCUT2D eigenvalue weighted by Crippen LogP contribution is 2.38. The maximum Gasteiger partial charge on any atom is 0.242 e. The van der Waals surface area contributed by atoms with E-state index >= 15 is 0 Å². The van der Waals surface area contributed by atoms with E-state index in [2.05, 4.69) is 44.7 Å². The van der Waals surface area contributed by atoms with E-state index in [1.54, 1.807) is 7.05 Å². The van der Waals surface area contributed by atoms with Crippen molar-refractivity contribution in [1.29, 1.82) is 0 Å². The predicted molar refractivity (Wildman–Crippen MR) is 132 cm³/mol. The zero-order valence-electron chi connectivity index (χ0n) is 21.2. The molecule has 2 aliphatic rings. The molecule has 0 aromatic carbocycles. The first kappa shape index (κ1) is 26.3. The fourth-order valence-electron chi connectivity index (χ4n) is 4.88. The molecule has 3 rings (SSSR count). The van der Waals surface area contributed by atoms with Crippen LogP contribution in [0.1, 0.15) is 64.9 Å². The molecular formula is C25H42N6O3. The number of hydrogen-bond donors (Lipinski definition) is 3. The van der Waals surface area contributed by atoms with Gasteiger partial charge in [0.1, 0.15) is 6.04 Å². The molecule has 0 bridgehead atoms. The standard InChI is InChI=1S/C25H42N6O3/c1-18(2)13-21-22(32)29-19(3)17-34-12-6-5-7-25(23(33)30-21)8-10-31(11-9-25)16-20-14-27-24(26-4)28-15-20/h14-15,18-19,21H,5-13,16-17H2,1-4H3,(H,29,32)(H,30,33)(H,26,27,28)/t19-,21+/m1/s1. The van der Waals surface area contributed by atoms with Crippen molar-refractivity contribution in [2.24, 2.45) is 11.3 Å². The van der Waals surface area contributed by atoms with Gasteiger partial charge in [-0.1, -0.05) is 20.3 Å². The summed E-state index contributed by atoms with van der Waals surface area (Å²) >= 11 is 0. The second-order valence-corrected chi connectivity index (χ2v) is 10.3. The van der Waals surface area contributed by atoms with Crippen LogP contribution in [0.15, 0.2) is 12.4 Å². The summed E-state index contributed by atoms with van der Waals surface area (Å²) in [5.41, 5.74) is 0.618. The van der Waals surface area contributed by atoms with Gasteiger partial charge in [0.15, 0.2) is 0 Å². The van der Waals surface area contributed by atoms with Crippen LogP contribution in [0.4, 0.5) is 5.95 Å². The quantitative estimate of drug-likeness (QED) is 0.601. The van der Waals surface area contributed by atoms with Crippen LogP contribution in [0.2, 0.25) is 0 Å². The SMILES string of the molecule is CNc1ncc(CN2CCC3(CCCCOC[C@@H](C)NC(=O)[C@H](CC(C)C)NC3=O)CC2)cn1. The van der Waals surface area contributed by atoms with E-state index in [0.717, 1.165) is 57.3 Å². The van der Waals surface area contributed by atoms with Crippen molar-refractivity contribution >= 4 is 17.8 Å². The molecule has 2 aliphatic heterocycles. The highest BCUT2D eigenvalue weighted by molar-refractivity contribution is 5.90. The lowest BCUT2D eigenvalue weighted by Gasteiger charge is -2.41. The summed E-state index contributed by atoms with van der Waals surface area (Å²) in [4.78, 5) is 37.6. The number of hydrogen-bond acceptors (Lipinski definition) is 7. The third-order valence-corrected chi connectivity index (χ3v) is 6.91. The lowest BCUT2D eigenvalue weighted by atomic mass is 9.73. The van der Waals surface area contributed by atoms with Crippen molar-refractivity contribution in [1.82, 2.24) is 25.5 Å². The lowest BCUT2D eigenvalue weighted by molar-refractivity contribution is -0.138.